The van der Waals surface area contributed by atoms with Gasteiger partial charge in [-0.05, 0) is 12.5 Å². The Morgan fingerprint density at radius 3 is 2.67 bits per heavy atom. The predicted octanol–water partition coefficient (Wildman–Crippen LogP) is -0.0168. The fourth-order valence-corrected chi connectivity index (χ4v) is 4.20. The number of fused-ring (bicyclic) bond motifs is 2. The molecule has 1 N–H and O–H groups in total. The quantitative estimate of drug-likeness (QED) is 0.828. The maximum absolute atomic E-state index is 12.8. The summed E-state index contributed by atoms with van der Waals surface area (Å²) >= 11 is 0. The van der Waals surface area contributed by atoms with Crippen molar-refractivity contribution >= 4 is 11.8 Å². The van der Waals surface area contributed by atoms with E-state index in [1.54, 1.807) is 9.80 Å². The molecule has 3 aliphatic heterocycles. The lowest BCUT2D eigenvalue weighted by Gasteiger charge is -2.47. The van der Waals surface area contributed by atoms with Gasteiger partial charge in [0.2, 0.25) is 11.8 Å². The van der Waals surface area contributed by atoms with Gasteiger partial charge in [0.05, 0.1) is 6.10 Å². The predicted molar refractivity (Wildman–Crippen MR) is 88.1 cm³/mol. The van der Waals surface area contributed by atoms with Crippen molar-refractivity contribution in [3.05, 3.63) is 35.4 Å². The highest BCUT2D eigenvalue weighted by Gasteiger charge is 2.51. The van der Waals surface area contributed by atoms with Crippen molar-refractivity contribution < 1.29 is 14.7 Å². The molecule has 0 aromatic heterocycles. The fourth-order valence-electron chi connectivity index (χ4n) is 4.20. The van der Waals surface area contributed by atoms with E-state index in [2.05, 4.69) is 30.0 Å². The zero-order chi connectivity index (χ0) is 16.8. The summed E-state index contributed by atoms with van der Waals surface area (Å²) in [4.78, 5) is 31.0. The molecule has 1 aromatic rings. The Hall–Kier alpha value is -1.92. The molecule has 0 bridgehead atoms. The summed E-state index contributed by atoms with van der Waals surface area (Å²) in [6, 6.07) is 7.52. The van der Waals surface area contributed by atoms with Crippen molar-refractivity contribution in [3.8, 4) is 0 Å². The summed E-state index contributed by atoms with van der Waals surface area (Å²) < 4.78 is 0. The standard InChI is InChI=1S/C18H23N3O3/c1-12-3-2-4-13(7-12)9-19-5-6-20-16(11-19)18(24)21-10-14(22)8-15(21)17(20)23/h2-4,7,14-16,22H,5-6,8-11H2,1H3/t14-,15+,16-/m1/s1. The summed E-state index contributed by atoms with van der Waals surface area (Å²) in [5, 5.41) is 9.83. The van der Waals surface area contributed by atoms with Gasteiger partial charge in [-0.2, -0.15) is 0 Å². The zero-order valence-electron chi connectivity index (χ0n) is 13.9. The van der Waals surface area contributed by atoms with E-state index in [-0.39, 0.29) is 18.4 Å². The van der Waals surface area contributed by atoms with Crippen molar-refractivity contribution in [1.82, 2.24) is 14.7 Å². The Labute approximate surface area is 141 Å². The lowest BCUT2D eigenvalue weighted by Crippen LogP contribution is -2.68. The van der Waals surface area contributed by atoms with Crippen LogP contribution in [0.4, 0.5) is 0 Å². The number of benzene rings is 1. The maximum Gasteiger partial charge on any atom is 0.247 e. The average Bonchev–Trinajstić information content (AvgIpc) is 2.95. The molecule has 0 saturated carbocycles. The summed E-state index contributed by atoms with van der Waals surface area (Å²) in [7, 11) is 0. The smallest absolute Gasteiger partial charge is 0.247 e. The minimum Gasteiger partial charge on any atom is -0.391 e. The number of hydrogen-bond donors (Lipinski definition) is 1. The van der Waals surface area contributed by atoms with Gasteiger partial charge < -0.3 is 14.9 Å². The topological polar surface area (TPSA) is 64.1 Å². The van der Waals surface area contributed by atoms with Crippen molar-refractivity contribution in [2.45, 2.75) is 38.1 Å². The van der Waals surface area contributed by atoms with Gasteiger partial charge in [0.1, 0.15) is 12.1 Å². The maximum atomic E-state index is 12.8. The minimum absolute atomic E-state index is 0.00588. The van der Waals surface area contributed by atoms with Crippen molar-refractivity contribution in [3.63, 3.8) is 0 Å². The number of aliphatic hydroxyl groups is 1. The first-order valence-corrected chi connectivity index (χ1v) is 8.60. The van der Waals surface area contributed by atoms with E-state index in [1.165, 1.54) is 11.1 Å². The largest absolute Gasteiger partial charge is 0.391 e. The number of carbonyl (C=O) groups is 2. The second kappa shape index (κ2) is 5.86. The first kappa shape index (κ1) is 15.6. The van der Waals surface area contributed by atoms with Crippen LogP contribution in [-0.4, -0.2) is 76.0 Å². The van der Waals surface area contributed by atoms with Gasteiger partial charge in [-0.1, -0.05) is 29.8 Å². The second-order valence-electron chi connectivity index (χ2n) is 7.17. The lowest BCUT2D eigenvalue weighted by atomic mass is 10.0. The van der Waals surface area contributed by atoms with E-state index in [9.17, 15) is 14.7 Å². The van der Waals surface area contributed by atoms with Crippen molar-refractivity contribution in [2.24, 2.45) is 0 Å². The molecule has 3 saturated heterocycles. The Balaban J connectivity index is 1.50. The molecule has 24 heavy (non-hydrogen) atoms. The van der Waals surface area contributed by atoms with Crippen LogP contribution in [0.3, 0.4) is 0 Å². The third kappa shape index (κ3) is 2.59. The van der Waals surface area contributed by atoms with E-state index in [0.717, 1.165) is 13.1 Å². The summed E-state index contributed by atoms with van der Waals surface area (Å²) in [5.41, 5.74) is 2.46. The molecule has 0 aliphatic carbocycles. The summed E-state index contributed by atoms with van der Waals surface area (Å²) in [6.45, 7) is 5.08. The molecule has 0 spiro atoms. The molecule has 128 valence electrons. The Morgan fingerprint density at radius 2 is 1.88 bits per heavy atom. The number of carbonyl (C=O) groups excluding carboxylic acids is 2. The highest BCUT2D eigenvalue weighted by Crippen LogP contribution is 2.29. The van der Waals surface area contributed by atoms with Crippen LogP contribution in [0, 0.1) is 6.92 Å². The average molecular weight is 329 g/mol. The van der Waals surface area contributed by atoms with Gasteiger partial charge in [-0.3, -0.25) is 14.5 Å². The number of amides is 2. The molecule has 3 atom stereocenters. The zero-order valence-corrected chi connectivity index (χ0v) is 13.9. The monoisotopic (exact) mass is 329 g/mol. The number of rotatable bonds is 2. The van der Waals surface area contributed by atoms with Gasteiger partial charge in [-0.25, -0.2) is 0 Å². The molecule has 0 radical (unpaired) electrons. The van der Waals surface area contributed by atoms with E-state index in [1.807, 2.05) is 6.07 Å². The first-order valence-electron chi connectivity index (χ1n) is 8.60. The van der Waals surface area contributed by atoms with Crippen LogP contribution in [-0.2, 0) is 16.1 Å². The number of aliphatic hydroxyl groups excluding tert-OH is 1. The highest BCUT2D eigenvalue weighted by molar-refractivity contribution is 5.97. The molecule has 6 nitrogen and oxygen atoms in total. The normalized spacial score (nSPS) is 30.5. The fraction of sp³-hybridized carbons (Fsp3) is 0.556. The first-order chi connectivity index (χ1) is 11.5. The van der Waals surface area contributed by atoms with Crippen LogP contribution in [0.5, 0.6) is 0 Å². The number of piperazine rings is 2. The minimum atomic E-state index is -0.576. The van der Waals surface area contributed by atoms with Gasteiger partial charge in [0.15, 0.2) is 0 Å². The van der Waals surface area contributed by atoms with Gasteiger partial charge >= 0.3 is 0 Å². The van der Waals surface area contributed by atoms with Crippen LogP contribution in [0.25, 0.3) is 0 Å². The third-order valence-corrected chi connectivity index (χ3v) is 5.37. The van der Waals surface area contributed by atoms with Crippen molar-refractivity contribution in [2.75, 3.05) is 26.2 Å². The second-order valence-corrected chi connectivity index (χ2v) is 7.17. The number of nitrogens with zero attached hydrogens (tertiary/aromatic N) is 3. The van der Waals surface area contributed by atoms with E-state index in [4.69, 9.17) is 0 Å². The molecule has 3 aliphatic rings. The third-order valence-electron chi connectivity index (χ3n) is 5.37. The molecule has 2 amide bonds. The van der Waals surface area contributed by atoms with Gasteiger partial charge in [-0.15, -0.1) is 0 Å². The molecule has 3 heterocycles. The molecule has 1 aromatic carbocycles. The van der Waals surface area contributed by atoms with Crippen LogP contribution in [0.1, 0.15) is 17.5 Å². The van der Waals surface area contributed by atoms with E-state index >= 15 is 0 Å². The summed E-state index contributed by atoms with van der Waals surface area (Å²) in [6.07, 6.45) is -0.200. The molecular formula is C18H23N3O3. The van der Waals surface area contributed by atoms with Crippen LogP contribution in [0.2, 0.25) is 0 Å². The van der Waals surface area contributed by atoms with Crippen LogP contribution >= 0.6 is 0 Å². The number of aryl methyl sites for hydroxylation is 1. The highest BCUT2D eigenvalue weighted by atomic mass is 16.3. The summed E-state index contributed by atoms with van der Waals surface area (Å²) in [5.74, 6) is -0.00329. The van der Waals surface area contributed by atoms with Crippen LogP contribution in [0.15, 0.2) is 24.3 Å². The Bertz CT molecular complexity index is 677. The lowest BCUT2D eigenvalue weighted by molar-refractivity contribution is -0.163. The van der Waals surface area contributed by atoms with E-state index in [0.29, 0.717) is 19.5 Å². The SMILES string of the molecule is Cc1cccc(CN2CCN3C(=O)[C@@H]4C[C@@H](O)CN4C(=O)[C@H]3C2)c1. The van der Waals surface area contributed by atoms with Crippen molar-refractivity contribution in [1.29, 1.82) is 0 Å². The van der Waals surface area contributed by atoms with E-state index < -0.39 is 18.2 Å². The molecular weight excluding hydrogens is 306 g/mol. The molecule has 6 heteroatoms. The molecule has 0 unspecified atom stereocenters. The van der Waals surface area contributed by atoms with Gasteiger partial charge in [0.25, 0.3) is 0 Å². The van der Waals surface area contributed by atoms with Crippen LogP contribution < -0.4 is 0 Å². The number of hydrogen-bond acceptors (Lipinski definition) is 4. The molecule has 3 fully saturated rings. The molecule has 4 rings (SSSR count). The Morgan fingerprint density at radius 1 is 1.08 bits per heavy atom. The Kier molecular flexibility index (Phi) is 3.81. The van der Waals surface area contributed by atoms with Gasteiger partial charge in [0, 0.05) is 39.1 Å².